The van der Waals surface area contributed by atoms with E-state index in [2.05, 4.69) is 26.8 Å². The minimum atomic E-state index is 0.233. The van der Waals surface area contributed by atoms with Crippen molar-refractivity contribution in [2.45, 2.75) is 52.1 Å². The van der Waals surface area contributed by atoms with Crippen LogP contribution in [-0.4, -0.2) is 12.2 Å². The smallest absolute Gasteiger partial charge is 0.0922 e. The Hall–Kier alpha value is -0.300. The fraction of sp³-hybridized carbons (Fsp3) is 0.867. The molecular weight excluding hydrogens is 196 g/mol. The van der Waals surface area contributed by atoms with Gasteiger partial charge in [-0.25, -0.2) is 0 Å². The van der Waals surface area contributed by atoms with Gasteiger partial charge in [0.05, 0.1) is 12.2 Å². The Morgan fingerprint density at radius 2 is 2.06 bits per heavy atom. The average molecular weight is 220 g/mol. The molecule has 16 heavy (non-hydrogen) atoms. The summed E-state index contributed by atoms with van der Waals surface area (Å²) >= 11 is 0. The maximum Gasteiger partial charge on any atom is 0.0922 e. The molecule has 3 rings (SSSR count). The summed E-state index contributed by atoms with van der Waals surface area (Å²) in [5.74, 6) is 3.46. The van der Waals surface area contributed by atoms with E-state index in [1.165, 1.54) is 25.7 Å². The first-order valence-electron chi connectivity index (χ1n) is 6.91. The van der Waals surface area contributed by atoms with Crippen molar-refractivity contribution in [3.8, 4) is 0 Å². The van der Waals surface area contributed by atoms with Crippen LogP contribution in [-0.2, 0) is 4.74 Å². The molecule has 1 saturated carbocycles. The van der Waals surface area contributed by atoms with Crippen LogP contribution in [0.2, 0.25) is 0 Å². The highest BCUT2D eigenvalue weighted by molar-refractivity contribution is 5.14. The third kappa shape index (κ3) is 1.64. The molecule has 1 heteroatoms. The number of hydrogen-bond donors (Lipinski definition) is 0. The molecule has 0 amide bonds. The van der Waals surface area contributed by atoms with Gasteiger partial charge in [0.15, 0.2) is 0 Å². The van der Waals surface area contributed by atoms with Crippen molar-refractivity contribution in [2.24, 2.45) is 23.7 Å². The van der Waals surface area contributed by atoms with Crippen LogP contribution in [0.25, 0.3) is 0 Å². The molecule has 0 aromatic carbocycles. The van der Waals surface area contributed by atoms with Gasteiger partial charge in [-0.2, -0.15) is 0 Å². The van der Waals surface area contributed by atoms with E-state index in [1.54, 1.807) is 5.57 Å². The van der Waals surface area contributed by atoms with Gasteiger partial charge in [-0.3, -0.25) is 0 Å². The lowest BCUT2D eigenvalue weighted by Gasteiger charge is -2.45. The molecule has 1 heterocycles. The Balaban J connectivity index is 1.87. The first-order chi connectivity index (χ1) is 7.60. The Morgan fingerprint density at radius 3 is 2.75 bits per heavy atom. The molecule has 0 aromatic heterocycles. The van der Waals surface area contributed by atoms with Crippen molar-refractivity contribution in [1.29, 1.82) is 0 Å². The molecule has 1 unspecified atom stereocenters. The predicted octanol–water partition coefficient (Wildman–Crippen LogP) is 3.79. The van der Waals surface area contributed by atoms with Crippen LogP contribution in [0.3, 0.4) is 0 Å². The van der Waals surface area contributed by atoms with Gasteiger partial charge in [-0.1, -0.05) is 25.0 Å². The molecule has 0 bridgehead atoms. The van der Waals surface area contributed by atoms with Crippen molar-refractivity contribution in [3.63, 3.8) is 0 Å². The second kappa shape index (κ2) is 3.60. The highest BCUT2D eigenvalue weighted by atomic mass is 16.6. The fourth-order valence-electron chi connectivity index (χ4n) is 4.09. The summed E-state index contributed by atoms with van der Waals surface area (Å²) in [4.78, 5) is 0. The molecule has 0 N–H and O–H groups in total. The molecule has 1 nitrogen and oxygen atoms in total. The van der Waals surface area contributed by atoms with Crippen LogP contribution < -0.4 is 0 Å². The van der Waals surface area contributed by atoms with E-state index in [0.29, 0.717) is 0 Å². The van der Waals surface area contributed by atoms with Crippen LogP contribution in [0.1, 0.15) is 46.5 Å². The van der Waals surface area contributed by atoms with Crippen LogP contribution in [0.5, 0.6) is 0 Å². The molecule has 2 aliphatic carbocycles. The molecule has 2 fully saturated rings. The van der Waals surface area contributed by atoms with Gasteiger partial charge in [0.1, 0.15) is 0 Å². The van der Waals surface area contributed by atoms with Gasteiger partial charge < -0.3 is 4.74 Å². The van der Waals surface area contributed by atoms with Crippen molar-refractivity contribution in [1.82, 2.24) is 0 Å². The zero-order valence-corrected chi connectivity index (χ0v) is 10.8. The SMILES string of the molecule is CC1=C[C@H]2[C@@H](CC1)[C@H](C)CC[C@@H]2C1(C)CO1. The van der Waals surface area contributed by atoms with Gasteiger partial charge in [-0.15, -0.1) is 0 Å². The Kier molecular flexibility index (Phi) is 2.43. The second-order valence-corrected chi connectivity index (χ2v) is 6.56. The number of allylic oxidation sites excluding steroid dienone is 2. The number of fused-ring (bicyclic) bond motifs is 1. The standard InChI is InChI=1S/C15H24O/c1-10-4-6-12-11(2)5-7-14(13(12)8-10)15(3)9-16-15/h8,11-14H,4-7,9H2,1-3H3/t11-,12+,13+,14+,15?/m1/s1. The molecule has 90 valence electrons. The number of rotatable bonds is 1. The molecule has 0 radical (unpaired) electrons. The Bertz CT molecular complexity index is 313. The van der Waals surface area contributed by atoms with Crippen LogP contribution in [0.15, 0.2) is 11.6 Å². The Labute approximate surface area is 99.3 Å². The molecular formula is C15H24O. The lowest BCUT2D eigenvalue weighted by Crippen LogP contribution is -2.40. The van der Waals surface area contributed by atoms with Gasteiger partial charge >= 0.3 is 0 Å². The summed E-state index contributed by atoms with van der Waals surface area (Å²) < 4.78 is 5.73. The van der Waals surface area contributed by atoms with E-state index in [4.69, 9.17) is 4.74 Å². The molecule has 0 spiro atoms. The zero-order chi connectivity index (χ0) is 11.3. The van der Waals surface area contributed by atoms with E-state index >= 15 is 0 Å². The van der Waals surface area contributed by atoms with Crippen molar-refractivity contribution in [3.05, 3.63) is 11.6 Å². The van der Waals surface area contributed by atoms with Crippen LogP contribution in [0.4, 0.5) is 0 Å². The summed E-state index contributed by atoms with van der Waals surface area (Å²) in [6.07, 6.45) is 8.12. The molecule has 3 aliphatic rings. The number of epoxide rings is 1. The lowest BCUT2D eigenvalue weighted by molar-refractivity contribution is 0.0637. The van der Waals surface area contributed by atoms with E-state index in [-0.39, 0.29) is 5.60 Å². The van der Waals surface area contributed by atoms with E-state index in [9.17, 15) is 0 Å². The lowest BCUT2D eigenvalue weighted by atomic mass is 9.60. The summed E-state index contributed by atoms with van der Waals surface area (Å²) in [5, 5.41) is 0. The molecule has 1 aliphatic heterocycles. The zero-order valence-electron chi connectivity index (χ0n) is 10.8. The third-order valence-electron chi connectivity index (χ3n) is 5.36. The maximum absolute atomic E-state index is 5.73. The topological polar surface area (TPSA) is 12.5 Å². The first kappa shape index (κ1) is 10.8. The largest absolute Gasteiger partial charge is 0.370 e. The minimum absolute atomic E-state index is 0.233. The number of hydrogen-bond acceptors (Lipinski definition) is 1. The van der Waals surface area contributed by atoms with E-state index in [1.807, 2.05) is 0 Å². The second-order valence-electron chi connectivity index (χ2n) is 6.56. The summed E-state index contributed by atoms with van der Waals surface area (Å²) in [7, 11) is 0. The summed E-state index contributed by atoms with van der Waals surface area (Å²) in [6, 6.07) is 0. The first-order valence-corrected chi connectivity index (χ1v) is 6.91. The molecule has 1 saturated heterocycles. The third-order valence-corrected chi connectivity index (χ3v) is 5.36. The minimum Gasteiger partial charge on any atom is -0.370 e. The summed E-state index contributed by atoms with van der Waals surface area (Å²) in [6.45, 7) is 8.09. The highest BCUT2D eigenvalue weighted by Gasteiger charge is 2.53. The highest BCUT2D eigenvalue weighted by Crippen LogP contribution is 2.53. The average Bonchev–Trinajstić information content (AvgIpc) is 2.97. The summed E-state index contributed by atoms with van der Waals surface area (Å²) in [5.41, 5.74) is 1.85. The van der Waals surface area contributed by atoms with Crippen molar-refractivity contribution in [2.75, 3.05) is 6.61 Å². The van der Waals surface area contributed by atoms with E-state index in [0.717, 1.165) is 30.3 Å². The maximum atomic E-state index is 5.73. The quantitative estimate of drug-likeness (QED) is 0.484. The van der Waals surface area contributed by atoms with Crippen LogP contribution in [0, 0.1) is 23.7 Å². The normalized spacial score (nSPS) is 51.8. The van der Waals surface area contributed by atoms with E-state index < -0.39 is 0 Å². The Morgan fingerprint density at radius 1 is 1.31 bits per heavy atom. The monoisotopic (exact) mass is 220 g/mol. The molecule has 0 aromatic rings. The van der Waals surface area contributed by atoms with Gasteiger partial charge in [0.25, 0.3) is 0 Å². The molecule has 5 atom stereocenters. The number of ether oxygens (including phenoxy) is 1. The van der Waals surface area contributed by atoms with Crippen molar-refractivity contribution >= 4 is 0 Å². The predicted molar refractivity (Wildman–Crippen MR) is 66.2 cm³/mol. The van der Waals surface area contributed by atoms with Crippen molar-refractivity contribution < 1.29 is 4.74 Å². The van der Waals surface area contributed by atoms with Crippen LogP contribution >= 0.6 is 0 Å². The fourth-order valence-corrected chi connectivity index (χ4v) is 4.09. The van der Waals surface area contributed by atoms with Gasteiger partial charge in [0.2, 0.25) is 0 Å². The van der Waals surface area contributed by atoms with Gasteiger partial charge in [0, 0.05) is 0 Å². The van der Waals surface area contributed by atoms with Gasteiger partial charge in [-0.05, 0) is 56.8 Å².